The molecule has 1 amide bonds. The maximum Gasteiger partial charge on any atom is 0.239 e. The van der Waals surface area contributed by atoms with Crippen molar-refractivity contribution in [2.75, 3.05) is 18.0 Å². The molecule has 110 valence electrons. The highest BCUT2D eigenvalue weighted by molar-refractivity contribution is 7.80. The number of halogens is 1. The van der Waals surface area contributed by atoms with Crippen LogP contribution in [0.25, 0.3) is 0 Å². The molecule has 0 saturated carbocycles. The highest BCUT2D eigenvalue weighted by Gasteiger charge is 2.15. The fraction of sp³-hybridized carbons (Fsp3) is 0.429. The Bertz CT molecular complexity index is 505. The average molecular weight is 297 g/mol. The summed E-state index contributed by atoms with van der Waals surface area (Å²) in [6.07, 6.45) is 0. The van der Waals surface area contributed by atoms with Gasteiger partial charge in [-0.3, -0.25) is 4.79 Å². The summed E-state index contributed by atoms with van der Waals surface area (Å²) in [6, 6.07) is 4.60. The molecule has 0 saturated heterocycles. The van der Waals surface area contributed by atoms with Gasteiger partial charge in [0.2, 0.25) is 5.91 Å². The van der Waals surface area contributed by atoms with Gasteiger partial charge in [-0.15, -0.1) is 0 Å². The molecule has 0 bridgehead atoms. The van der Waals surface area contributed by atoms with E-state index in [-0.39, 0.29) is 23.5 Å². The second-order valence-corrected chi connectivity index (χ2v) is 5.21. The number of likely N-dealkylation sites (N-methyl/N-ethyl adjacent to an activating group) is 1. The molecule has 4 nitrogen and oxygen atoms in total. The van der Waals surface area contributed by atoms with Crippen molar-refractivity contribution < 1.29 is 9.18 Å². The normalized spacial score (nSPS) is 10.4. The van der Waals surface area contributed by atoms with Crippen molar-refractivity contribution >= 4 is 28.8 Å². The van der Waals surface area contributed by atoms with E-state index in [4.69, 9.17) is 18.0 Å². The first-order valence-corrected chi connectivity index (χ1v) is 6.89. The molecule has 0 aliphatic heterocycles. The van der Waals surface area contributed by atoms with Crippen LogP contribution in [-0.4, -0.2) is 30.0 Å². The number of hydrogen-bond acceptors (Lipinski definition) is 3. The first kappa shape index (κ1) is 16.4. The zero-order valence-corrected chi connectivity index (χ0v) is 12.8. The maximum atomic E-state index is 14.1. The minimum absolute atomic E-state index is 0.0584. The highest BCUT2D eigenvalue weighted by atomic mass is 32.1. The molecule has 0 spiro atoms. The molecule has 0 aromatic heterocycles. The van der Waals surface area contributed by atoms with Crippen LogP contribution in [0.4, 0.5) is 10.1 Å². The molecular formula is C14H20FN3OS. The molecular weight excluding hydrogens is 277 g/mol. The summed E-state index contributed by atoms with van der Waals surface area (Å²) in [5.74, 6) is -0.575. The first-order chi connectivity index (χ1) is 9.35. The van der Waals surface area contributed by atoms with Gasteiger partial charge in [0, 0.05) is 18.2 Å². The van der Waals surface area contributed by atoms with Crippen LogP contribution in [0, 0.1) is 5.82 Å². The Hall–Kier alpha value is -1.69. The van der Waals surface area contributed by atoms with E-state index in [1.54, 1.807) is 17.0 Å². The molecule has 0 atom stereocenters. The molecule has 1 rings (SSSR count). The minimum atomic E-state index is -0.436. The number of thiocarbonyl (C=S) groups is 1. The van der Waals surface area contributed by atoms with Gasteiger partial charge in [-0.25, -0.2) is 4.39 Å². The minimum Gasteiger partial charge on any atom is -0.389 e. The van der Waals surface area contributed by atoms with Crippen molar-refractivity contribution in [3.05, 3.63) is 29.6 Å². The summed E-state index contributed by atoms with van der Waals surface area (Å²) < 4.78 is 14.1. The molecule has 6 heteroatoms. The third-order valence-corrected chi connectivity index (χ3v) is 2.97. The van der Waals surface area contributed by atoms with Gasteiger partial charge in [-0.1, -0.05) is 12.2 Å². The van der Waals surface area contributed by atoms with Crippen LogP contribution in [0.15, 0.2) is 18.2 Å². The number of rotatable bonds is 6. The molecule has 0 aliphatic carbocycles. The van der Waals surface area contributed by atoms with E-state index in [1.165, 1.54) is 6.07 Å². The third kappa shape index (κ3) is 4.45. The van der Waals surface area contributed by atoms with Gasteiger partial charge in [-0.05, 0) is 39.0 Å². The SMILES string of the molecule is CCN(CC(=O)NC(C)C)c1ccc(C(N)=S)cc1F. The lowest BCUT2D eigenvalue weighted by Crippen LogP contribution is -2.40. The number of carbonyl (C=O) groups excluding carboxylic acids is 1. The lowest BCUT2D eigenvalue weighted by molar-refractivity contribution is -0.120. The van der Waals surface area contributed by atoms with Crippen LogP contribution in [0.3, 0.4) is 0 Å². The Morgan fingerprint density at radius 2 is 2.15 bits per heavy atom. The molecule has 0 unspecified atom stereocenters. The van der Waals surface area contributed by atoms with E-state index in [0.29, 0.717) is 17.8 Å². The number of amides is 1. The lowest BCUT2D eigenvalue weighted by Gasteiger charge is -2.24. The van der Waals surface area contributed by atoms with E-state index in [1.807, 2.05) is 20.8 Å². The van der Waals surface area contributed by atoms with E-state index < -0.39 is 5.82 Å². The first-order valence-electron chi connectivity index (χ1n) is 6.48. The standard InChI is InChI=1S/C14H20FN3OS/c1-4-18(8-13(19)17-9(2)3)12-6-5-10(14(16)20)7-11(12)15/h5-7,9H,4,8H2,1-3H3,(H2,16,20)(H,17,19). The van der Waals surface area contributed by atoms with E-state index >= 15 is 0 Å². The van der Waals surface area contributed by atoms with Crippen LogP contribution < -0.4 is 16.0 Å². The fourth-order valence-electron chi connectivity index (χ4n) is 1.82. The van der Waals surface area contributed by atoms with E-state index in [9.17, 15) is 9.18 Å². The number of benzene rings is 1. The van der Waals surface area contributed by atoms with Crippen LogP contribution in [0.5, 0.6) is 0 Å². The summed E-state index contributed by atoms with van der Waals surface area (Å²) >= 11 is 4.81. The molecule has 20 heavy (non-hydrogen) atoms. The smallest absolute Gasteiger partial charge is 0.239 e. The predicted molar refractivity (Wildman–Crippen MR) is 83.5 cm³/mol. The summed E-state index contributed by atoms with van der Waals surface area (Å²) in [4.78, 5) is 13.6. The number of carbonyl (C=O) groups is 1. The Morgan fingerprint density at radius 3 is 2.60 bits per heavy atom. The lowest BCUT2D eigenvalue weighted by atomic mass is 10.2. The third-order valence-electron chi connectivity index (χ3n) is 2.74. The zero-order valence-electron chi connectivity index (χ0n) is 11.9. The zero-order chi connectivity index (χ0) is 15.3. The maximum absolute atomic E-state index is 14.1. The van der Waals surface area contributed by atoms with Crippen LogP contribution in [0.1, 0.15) is 26.3 Å². The second kappa shape index (κ2) is 7.19. The summed E-state index contributed by atoms with van der Waals surface area (Å²) in [5, 5.41) is 2.78. The Balaban J connectivity index is 2.90. The predicted octanol–water partition coefficient (Wildman–Crippen LogP) is 1.81. The monoisotopic (exact) mass is 297 g/mol. The quantitative estimate of drug-likeness (QED) is 0.786. The van der Waals surface area contributed by atoms with Crippen molar-refractivity contribution in [2.45, 2.75) is 26.8 Å². The number of hydrogen-bond donors (Lipinski definition) is 2. The van der Waals surface area contributed by atoms with Gasteiger partial charge in [0.25, 0.3) is 0 Å². The number of nitrogens with two attached hydrogens (primary N) is 1. The summed E-state index contributed by atoms with van der Waals surface area (Å²) in [5.41, 5.74) is 6.31. The number of anilines is 1. The van der Waals surface area contributed by atoms with Gasteiger partial charge in [-0.2, -0.15) is 0 Å². The van der Waals surface area contributed by atoms with Gasteiger partial charge >= 0.3 is 0 Å². The van der Waals surface area contributed by atoms with Crippen molar-refractivity contribution in [1.29, 1.82) is 0 Å². The van der Waals surface area contributed by atoms with Crippen molar-refractivity contribution in [3.8, 4) is 0 Å². The fourth-order valence-corrected chi connectivity index (χ4v) is 1.95. The Labute approximate surface area is 124 Å². The summed E-state index contributed by atoms with van der Waals surface area (Å²) in [6.45, 7) is 6.26. The Morgan fingerprint density at radius 1 is 1.50 bits per heavy atom. The van der Waals surface area contributed by atoms with Gasteiger partial charge in [0.15, 0.2) is 0 Å². The van der Waals surface area contributed by atoms with Crippen LogP contribution in [0.2, 0.25) is 0 Å². The second-order valence-electron chi connectivity index (χ2n) is 4.77. The van der Waals surface area contributed by atoms with Crippen LogP contribution >= 0.6 is 12.2 Å². The van der Waals surface area contributed by atoms with Crippen molar-refractivity contribution in [1.82, 2.24) is 5.32 Å². The average Bonchev–Trinajstić information content (AvgIpc) is 2.35. The topological polar surface area (TPSA) is 58.4 Å². The van der Waals surface area contributed by atoms with Gasteiger partial charge in [0.05, 0.1) is 12.2 Å². The molecule has 0 heterocycles. The molecule has 0 aliphatic rings. The van der Waals surface area contributed by atoms with E-state index in [0.717, 1.165) is 0 Å². The highest BCUT2D eigenvalue weighted by Crippen LogP contribution is 2.20. The van der Waals surface area contributed by atoms with Crippen LogP contribution in [-0.2, 0) is 4.79 Å². The van der Waals surface area contributed by atoms with Gasteiger partial charge < -0.3 is 16.0 Å². The van der Waals surface area contributed by atoms with Crippen molar-refractivity contribution in [2.24, 2.45) is 5.73 Å². The summed E-state index contributed by atoms with van der Waals surface area (Å²) in [7, 11) is 0. The van der Waals surface area contributed by atoms with E-state index in [2.05, 4.69) is 5.32 Å². The molecule has 1 aromatic rings. The number of nitrogens with zero attached hydrogens (tertiary/aromatic N) is 1. The molecule has 0 radical (unpaired) electrons. The largest absolute Gasteiger partial charge is 0.389 e. The Kier molecular flexibility index (Phi) is 5.88. The number of nitrogens with one attached hydrogen (secondary N) is 1. The molecule has 1 aromatic carbocycles. The van der Waals surface area contributed by atoms with Gasteiger partial charge in [0.1, 0.15) is 10.8 Å². The molecule has 3 N–H and O–H groups in total. The molecule has 0 fully saturated rings. The van der Waals surface area contributed by atoms with Crippen molar-refractivity contribution in [3.63, 3.8) is 0 Å².